The van der Waals surface area contributed by atoms with E-state index in [1.807, 2.05) is 6.92 Å². The lowest BCUT2D eigenvalue weighted by Gasteiger charge is -2.31. The van der Waals surface area contributed by atoms with Gasteiger partial charge in [-0.15, -0.1) is 11.3 Å². The first-order valence-electron chi connectivity index (χ1n) is 7.42. The van der Waals surface area contributed by atoms with Crippen molar-refractivity contribution in [1.29, 1.82) is 0 Å². The summed E-state index contributed by atoms with van der Waals surface area (Å²) in [4.78, 5) is 23.7. The minimum atomic E-state index is -0.273. The highest BCUT2D eigenvalue weighted by atomic mass is 32.1. The highest BCUT2D eigenvalue weighted by Crippen LogP contribution is 2.23. The molecule has 3 rings (SSSR count). The lowest BCUT2D eigenvalue weighted by Crippen LogP contribution is -2.42. The fraction of sp³-hybridized carbons (Fsp3) is 0.571. The van der Waals surface area contributed by atoms with Crippen LogP contribution in [-0.2, 0) is 11.2 Å². The van der Waals surface area contributed by atoms with Crippen molar-refractivity contribution in [1.82, 2.24) is 25.1 Å². The first-order chi connectivity index (χ1) is 10.7. The molecule has 0 spiro atoms. The van der Waals surface area contributed by atoms with Gasteiger partial charge in [0.1, 0.15) is 16.8 Å². The number of nitrogens with one attached hydrogen (secondary N) is 1. The van der Waals surface area contributed by atoms with Crippen molar-refractivity contribution in [3.05, 3.63) is 27.7 Å². The van der Waals surface area contributed by atoms with Crippen LogP contribution in [0, 0.1) is 6.92 Å². The molecule has 3 heterocycles. The molecular weight excluding hydrogens is 302 g/mol. The monoisotopic (exact) mass is 321 g/mol. The van der Waals surface area contributed by atoms with E-state index < -0.39 is 0 Å². The van der Waals surface area contributed by atoms with E-state index in [1.54, 1.807) is 11.1 Å². The van der Waals surface area contributed by atoms with Gasteiger partial charge in [-0.1, -0.05) is 6.92 Å². The first-order valence-corrected chi connectivity index (χ1v) is 8.23. The van der Waals surface area contributed by atoms with Crippen LogP contribution in [0.4, 0.5) is 0 Å². The molecule has 22 heavy (non-hydrogen) atoms. The number of hydrogen-bond acceptors (Lipinski definition) is 6. The second-order valence-corrected chi connectivity index (χ2v) is 6.37. The Morgan fingerprint density at radius 1 is 1.59 bits per heavy atom. The molecule has 2 aromatic heterocycles. The van der Waals surface area contributed by atoms with Crippen LogP contribution in [0.3, 0.4) is 0 Å². The third-order valence-corrected chi connectivity index (χ3v) is 4.53. The molecule has 1 aliphatic heterocycles. The van der Waals surface area contributed by atoms with Gasteiger partial charge in [-0.05, 0) is 19.8 Å². The molecule has 1 N–H and O–H groups in total. The number of H-pyrrole nitrogens is 1. The number of morpholine rings is 1. The quantitative estimate of drug-likeness (QED) is 0.927. The third-order valence-electron chi connectivity index (χ3n) is 3.48. The molecule has 0 aliphatic carbocycles. The highest BCUT2D eigenvalue weighted by Gasteiger charge is 2.29. The molecule has 0 saturated carbocycles. The molecule has 1 atom stereocenters. The molecule has 0 radical (unpaired) electrons. The van der Waals surface area contributed by atoms with Gasteiger partial charge in [0.05, 0.1) is 24.4 Å². The number of aromatic amines is 1. The zero-order valence-electron chi connectivity index (χ0n) is 12.7. The Morgan fingerprint density at radius 3 is 3.18 bits per heavy atom. The number of thiazole rings is 1. The topological polar surface area (TPSA) is 84.0 Å². The highest BCUT2D eigenvalue weighted by molar-refractivity contribution is 7.13. The number of hydrogen-bond donors (Lipinski definition) is 1. The summed E-state index contributed by atoms with van der Waals surface area (Å²) in [6.07, 6.45) is 3.36. The number of aromatic nitrogens is 4. The van der Waals surface area contributed by atoms with Crippen LogP contribution in [0.1, 0.15) is 45.8 Å². The van der Waals surface area contributed by atoms with Gasteiger partial charge >= 0.3 is 0 Å². The molecule has 8 heteroatoms. The molecule has 1 amide bonds. The van der Waals surface area contributed by atoms with Gasteiger partial charge < -0.3 is 9.64 Å². The molecule has 0 aromatic carbocycles. The number of amides is 1. The Bertz CT molecular complexity index is 653. The molecule has 118 valence electrons. The molecule has 7 nitrogen and oxygen atoms in total. The van der Waals surface area contributed by atoms with Crippen molar-refractivity contribution in [3.8, 4) is 0 Å². The number of carbonyl (C=O) groups excluding carboxylic acids is 1. The van der Waals surface area contributed by atoms with Crippen LogP contribution in [0.25, 0.3) is 0 Å². The maximum absolute atomic E-state index is 12.6. The van der Waals surface area contributed by atoms with E-state index in [2.05, 4.69) is 27.1 Å². The Balaban J connectivity index is 1.69. The standard InChI is InChI=1S/C14H19N5O2S/c1-3-4-12-15-7-11(22-12)14(20)19-5-6-21-10(8-19)13-16-9(2)17-18-13/h7,10H,3-6,8H2,1-2H3,(H,16,17,18)/t10-/m1/s1. The maximum Gasteiger partial charge on any atom is 0.265 e. The number of rotatable bonds is 4. The lowest BCUT2D eigenvalue weighted by molar-refractivity contribution is -0.0265. The van der Waals surface area contributed by atoms with Gasteiger partial charge in [-0.3, -0.25) is 9.89 Å². The van der Waals surface area contributed by atoms with Gasteiger partial charge in [0, 0.05) is 6.54 Å². The summed E-state index contributed by atoms with van der Waals surface area (Å²) in [7, 11) is 0. The van der Waals surface area contributed by atoms with E-state index >= 15 is 0 Å². The van der Waals surface area contributed by atoms with Crippen LogP contribution in [0.5, 0.6) is 0 Å². The second-order valence-electron chi connectivity index (χ2n) is 5.26. The minimum Gasteiger partial charge on any atom is -0.366 e. The van der Waals surface area contributed by atoms with Gasteiger partial charge in [0.2, 0.25) is 0 Å². The molecule has 0 bridgehead atoms. The van der Waals surface area contributed by atoms with Gasteiger partial charge in [0.25, 0.3) is 5.91 Å². The molecule has 1 saturated heterocycles. The largest absolute Gasteiger partial charge is 0.366 e. The molecule has 2 aromatic rings. The fourth-order valence-electron chi connectivity index (χ4n) is 2.39. The summed E-state index contributed by atoms with van der Waals surface area (Å²) < 4.78 is 5.69. The number of carbonyl (C=O) groups is 1. The van der Waals surface area contributed by atoms with Crippen LogP contribution in [-0.4, -0.2) is 50.7 Å². The van der Waals surface area contributed by atoms with Crippen LogP contribution < -0.4 is 0 Å². The van der Waals surface area contributed by atoms with Crippen LogP contribution in [0.15, 0.2) is 6.20 Å². The summed E-state index contributed by atoms with van der Waals surface area (Å²) in [5.74, 6) is 1.36. The average molecular weight is 321 g/mol. The van der Waals surface area contributed by atoms with Gasteiger partial charge in [-0.25, -0.2) is 9.97 Å². The van der Waals surface area contributed by atoms with Gasteiger partial charge in [0.15, 0.2) is 5.82 Å². The third kappa shape index (κ3) is 3.17. The normalized spacial score (nSPS) is 18.6. The fourth-order valence-corrected chi connectivity index (χ4v) is 3.38. The predicted molar refractivity (Wildman–Crippen MR) is 81.8 cm³/mol. The van der Waals surface area contributed by atoms with Crippen LogP contribution >= 0.6 is 11.3 Å². The van der Waals surface area contributed by atoms with Gasteiger partial charge in [-0.2, -0.15) is 5.10 Å². The van der Waals surface area contributed by atoms with E-state index in [0.29, 0.717) is 30.4 Å². The average Bonchev–Trinajstić information content (AvgIpc) is 3.16. The summed E-state index contributed by atoms with van der Waals surface area (Å²) in [5, 5.41) is 7.95. The Labute approximate surface area is 132 Å². The Morgan fingerprint density at radius 2 is 2.45 bits per heavy atom. The van der Waals surface area contributed by atoms with E-state index in [1.165, 1.54) is 11.3 Å². The Hall–Kier alpha value is -1.80. The summed E-state index contributed by atoms with van der Waals surface area (Å²) >= 11 is 1.48. The summed E-state index contributed by atoms with van der Waals surface area (Å²) in [6, 6.07) is 0. The second kappa shape index (κ2) is 6.53. The smallest absolute Gasteiger partial charge is 0.265 e. The number of nitrogens with zero attached hydrogens (tertiary/aromatic N) is 4. The zero-order chi connectivity index (χ0) is 15.5. The van der Waals surface area contributed by atoms with E-state index in [9.17, 15) is 4.79 Å². The van der Waals surface area contributed by atoms with Crippen LogP contribution in [0.2, 0.25) is 0 Å². The van der Waals surface area contributed by atoms with Crippen molar-refractivity contribution in [2.24, 2.45) is 0 Å². The van der Waals surface area contributed by atoms with Crippen molar-refractivity contribution in [2.45, 2.75) is 32.8 Å². The first kappa shape index (κ1) is 15.1. The van der Waals surface area contributed by atoms with E-state index in [0.717, 1.165) is 23.7 Å². The number of aryl methyl sites for hydroxylation is 2. The SMILES string of the molecule is CCCc1ncc(C(=O)N2CCO[C@@H](c3n[nH]c(C)n3)C2)s1. The molecule has 0 unspecified atom stereocenters. The summed E-state index contributed by atoms with van der Waals surface area (Å²) in [6.45, 7) is 5.49. The number of ether oxygens (including phenoxy) is 1. The Kier molecular flexibility index (Phi) is 4.49. The van der Waals surface area contributed by atoms with Crippen molar-refractivity contribution >= 4 is 17.2 Å². The van der Waals surface area contributed by atoms with Crippen molar-refractivity contribution in [3.63, 3.8) is 0 Å². The predicted octanol–water partition coefficient (Wildman–Crippen LogP) is 1.74. The van der Waals surface area contributed by atoms with Crippen molar-refractivity contribution in [2.75, 3.05) is 19.7 Å². The molecule has 1 fully saturated rings. The summed E-state index contributed by atoms with van der Waals surface area (Å²) in [5.41, 5.74) is 0. The lowest BCUT2D eigenvalue weighted by atomic mass is 10.2. The molecular formula is C14H19N5O2S. The molecule has 1 aliphatic rings. The minimum absolute atomic E-state index is 0.0143. The van der Waals surface area contributed by atoms with Crippen molar-refractivity contribution < 1.29 is 9.53 Å². The maximum atomic E-state index is 12.6. The zero-order valence-corrected chi connectivity index (χ0v) is 13.5. The van der Waals surface area contributed by atoms with E-state index in [4.69, 9.17) is 4.74 Å². The van der Waals surface area contributed by atoms with E-state index in [-0.39, 0.29) is 12.0 Å².